The van der Waals surface area contributed by atoms with Crippen molar-refractivity contribution in [2.75, 3.05) is 21.1 Å². The van der Waals surface area contributed by atoms with Crippen LogP contribution >= 0.6 is 23.2 Å². The molecule has 0 radical (unpaired) electrons. The van der Waals surface area contributed by atoms with Crippen LogP contribution in [0.2, 0.25) is 5.02 Å². The van der Waals surface area contributed by atoms with Gasteiger partial charge in [-0.25, -0.2) is 0 Å². The van der Waals surface area contributed by atoms with Crippen LogP contribution in [0, 0.1) is 5.41 Å². The topological polar surface area (TPSA) is 73.4 Å². The molecule has 28 heavy (non-hydrogen) atoms. The fraction of sp³-hybridized carbons (Fsp3) is 0.238. The van der Waals surface area contributed by atoms with Crippen LogP contribution in [-0.2, 0) is 4.79 Å². The molecular weight excluding hydrogens is 395 g/mol. The highest BCUT2D eigenvalue weighted by molar-refractivity contribution is 6.38. The summed E-state index contributed by atoms with van der Waals surface area (Å²) in [5, 5.41) is 9.03. The predicted molar refractivity (Wildman–Crippen MR) is 119 cm³/mol. The SMILES string of the molecule is C=CC(=N)/C(=C(/C)N)C(c1ccc(Cl)cc1)N(C)C(/C=C(/Cl)C=O)=C/N(C)C. The third-order valence-corrected chi connectivity index (χ3v) is 4.41. The number of likely N-dealkylation sites (N-methyl/N-ethyl adjacent to an activating group) is 1. The number of allylic oxidation sites excluding steroid dienone is 4. The molecule has 0 saturated heterocycles. The van der Waals surface area contributed by atoms with Crippen molar-refractivity contribution in [3.63, 3.8) is 0 Å². The zero-order chi connectivity index (χ0) is 21.4. The molecule has 0 fully saturated rings. The average molecular weight is 421 g/mol. The van der Waals surface area contributed by atoms with E-state index in [9.17, 15) is 4.79 Å². The molecule has 1 atom stereocenters. The minimum atomic E-state index is -0.425. The van der Waals surface area contributed by atoms with Gasteiger partial charge in [-0.2, -0.15) is 0 Å². The van der Waals surface area contributed by atoms with Gasteiger partial charge in [-0.15, -0.1) is 0 Å². The van der Waals surface area contributed by atoms with E-state index in [4.69, 9.17) is 34.3 Å². The average Bonchev–Trinajstić information content (AvgIpc) is 2.64. The van der Waals surface area contributed by atoms with E-state index in [0.717, 1.165) is 5.56 Å². The van der Waals surface area contributed by atoms with Gasteiger partial charge in [0.2, 0.25) is 0 Å². The van der Waals surface area contributed by atoms with Gasteiger partial charge in [0.05, 0.1) is 22.5 Å². The highest BCUT2D eigenvalue weighted by Gasteiger charge is 2.26. The fourth-order valence-corrected chi connectivity index (χ4v) is 2.97. The van der Waals surface area contributed by atoms with Gasteiger partial charge >= 0.3 is 0 Å². The smallest absolute Gasteiger partial charge is 0.161 e. The Morgan fingerprint density at radius 3 is 2.25 bits per heavy atom. The van der Waals surface area contributed by atoms with Crippen molar-refractivity contribution >= 4 is 35.2 Å². The Morgan fingerprint density at radius 2 is 1.82 bits per heavy atom. The van der Waals surface area contributed by atoms with Crippen LogP contribution < -0.4 is 5.73 Å². The minimum Gasteiger partial charge on any atom is -0.402 e. The van der Waals surface area contributed by atoms with E-state index in [2.05, 4.69) is 6.58 Å². The normalized spacial score (nSPS) is 14.1. The van der Waals surface area contributed by atoms with Crippen LogP contribution in [0.25, 0.3) is 0 Å². The summed E-state index contributed by atoms with van der Waals surface area (Å²) in [5.41, 5.74) is 9.00. The van der Waals surface area contributed by atoms with Crippen molar-refractivity contribution in [3.8, 4) is 0 Å². The number of hydrogen-bond acceptors (Lipinski definition) is 5. The van der Waals surface area contributed by atoms with Gasteiger partial charge in [-0.1, -0.05) is 41.9 Å². The molecule has 5 nitrogen and oxygen atoms in total. The highest BCUT2D eigenvalue weighted by atomic mass is 35.5. The molecule has 1 aromatic rings. The number of benzene rings is 1. The molecule has 0 aromatic heterocycles. The first-order valence-corrected chi connectivity index (χ1v) is 9.24. The molecule has 7 heteroatoms. The molecule has 0 saturated carbocycles. The molecule has 0 amide bonds. The summed E-state index contributed by atoms with van der Waals surface area (Å²) in [6.07, 6.45) is 5.42. The van der Waals surface area contributed by atoms with Crippen molar-refractivity contribution in [2.24, 2.45) is 5.73 Å². The van der Waals surface area contributed by atoms with Crippen molar-refractivity contribution < 1.29 is 4.79 Å². The van der Waals surface area contributed by atoms with Gasteiger partial charge < -0.3 is 20.9 Å². The van der Waals surface area contributed by atoms with Crippen molar-refractivity contribution in [3.05, 3.63) is 81.8 Å². The third-order valence-electron chi connectivity index (χ3n) is 3.96. The van der Waals surface area contributed by atoms with E-state index in [-0.39, 0.29) is 10.7 Å². The van der Waals surface area contributed by atoms with Crippen LogP contribution in [0.15, 0.2) is 71.2 Å². The zero-order valence-electron chi connectivity index (χ0n) is 16.5. The molecule has 0 heterocycles. The molecule has 1 rings (SSSR count). The summed E-state index contributed by atoms with van der Waals surface area (Å²) in [5.74, 6) is 0. The van der Waals surface area contributed by atoms with Gasteiger partial charge in [0.1, 0.15) is 0 Å². The molecule has 0 aliphatic rings. The quantitative estimate of drug-likeness (QED) is 0.267. The Kier molecular flexibility index (Phi) is 9.03. The van der Waals surface area contributed by atoms with Crippen molar-refractivity contribution in [1.29, 1.82) is 5.41 Å². The first-order chi connectivity index (χ1) is 13.1. The monoisotopic (exact) mass is 420 g/mol. The van der Waals surface area contributed by atoms with E-state index in [1.165, 1.54) is 6.08 Å². The Labute approximate surface area is 176 Å². The fourth-order valence-electron chi connectivity index (χ4n) is 2.73. The summed E-state index contributed by atoms with van der Waals surface area (Å²) in [6, 6.07) is 6.89. The van der Waals surface area contributed by atoms with Gasteiger partial charge in [-0.05, 0) is 36.8 Å². The van der Waals surface area contributed by atoms with Gasteiger partial charge in [0.15, 0.2) is 6.29 Å². The first-order valence-electron chi connectivity index (χ1n) is 8.48. The standard InChI is InChI=1S/C21H26Cl2N4O/c1-6-19(25)20(14(2)24)21(15-7-9-16(22)10-8-15)27(5)18(12-26(3)4)11-17(23)13-28/h6-13,21,25H,1,24H2,2-5H3/b17-11+,18-12+,20-14+,25-19?. The van der Waals surface area contributed by atoms with E-state index in [1.807, 2.05) is 49.3 Å². The van der Waals surface area contributed by atoms with Gasteiger partial charge in [-0.3, -0.25) is 4.79 Å². The minimum absolute atomic E-state index is 0.0589. The number of hydrogen-bond donors (Lipinski definition) is 2. The summed E-state index contributed by atoms with van der Waals surface area (Å²) in [7, 11) is 5.58. The molecule has 150 valence electrons. The molecule has 1 aromatic carbocycles. The lowest BCUT2D eigenvalue weighted by molar-refractivity contribution is -0.104. The number of nitrogens with zero attached hydrogens (tertiary/aromatic N) is 2. The number of nitrogens with one attached hydrogen (secondary N) is 1. The van der Waals surface area contributed by atoms with Gasteiger partial charge in [0.25, 0.3) is 0 Å². The Balaban J connectivity index is 3.71. The number of carbonyl (C=O) groups is 1. The van der Waals surface area contributed by atoms with E-state index >= 15 is 0 Å². The molecule has 0 aliphatic heterocycles. The summed E-state index contributed by atoms with van der Waals surface area (Å²) in [4.78, 5) is 14.8. The summed E-state index contributed by atoms with van der Waals surface area (Å²) >= 11 is 12.0. The molecular formula is C21H26Cl2N4O. The van der Waals surface area contributed by atoms with Crippen molar-refractivity contribution in [1.82, 2.24) is 9.80 Å². The second kappa shape index (κ2) is 10.7. The number of carbonyl (C=O) groups excluding carboxylic acids is 1. The number of nitrogens with two attached hydrogens (primary N) is 1. The lowest BCUT2D eigenvalue weighted by Gasteiger charge is -2.34. The number of rotatable bonds is 9. The first kappa shape index (κ1) is 23.5. The molecule has 1 unspecified atom stereocenters. The predicted octanol–water partition coefficient (Wildman–Crippen LogP) is 4.48. The van der Waals surface area contributed by atoms with Crippen LogP contribution in [0.1, 0.15) is 18.5 Å². The third kappa shape index (κ3) is 6.29. The maximum absolute atomic E-state index is 11.1. The van der Waals surface area contributed by atoms with Crippen LogP contribution in [0.4, 0.5) is 0 Å². The van der Waals surface area contributed by atoms with Crippen LogP contribution in [-0.4, -0.2) is 42.9 Å². The van der Waals surface area contributed by atoms with E-state index in [1.54, 1.807) is 25.1 Å². The Morgan fingerprint density at radius 1 is 1.25 bits per heavy atom. The lowest BCUT2D eigenvalue weighted by Crippen LogP contribution is -2.30. The molecule has 0 bridgehead atoms. The van der Waals surface area contributed by atoms with Crippen molar-refractivity contribution in [2.45, 2.75) is 13.0 Å². The maximum Gasteiger partial charge on any atom is 0.161 e. The second-order valence-electron chi connectivity index (χ2n) is 6.44. The lowest BCUT2D eigenvalue weighted by atomic mass is 9.92. The number of halogens is 2. The Hall–Kier alpha value is -2.50. The maximum atomic E-state index is 11.1. The van der Waals surface area contributed by atoms with Crippen LogP contribution in [0.5, 0.6) is 0 Å². The summed E-state index contributed by atoms with van der Waals surface area (Å²) in [6.45, 7) is 5.46. The number of aldehydes is 1. The van der Waals surface area contributed by atoms with Gasteiger partial charge in [0, 0.05) is 43.6 Å². The second-order valence-corrected chi connectivity index (χ2v) is 7.32. The highest BCUT2D eigenvalue weighted by Crippen LogP contribution is 2.33. The van der Waals surface area contributed by atoms with E-state index < -0.39 is 6.04 Å². The summed E-state index contributed by atoms with van der Waals surface area (Å²) < 4.78 is 0. The molecule has 0 aliphatic carbocycles. The molecule has 0 spiro atoms. The largest absolute Gasteiger partial charge is 0.402 e. The Bertz CT molecular complexity index is 819. The van der Waals surface area contributed by atoms with Crippen LogP contribution in [0.3, 0.4) is 0 Å². The van der Waals surface area contributed by atoms with E-state index in [0.29, 0.717) is 28.3 Å². The molecule has 3 N–H and O–H groups in total. The zero-order valence-corrected chi connectivity index (χ0v) is 18.1.